The monoisotopic (exact) mass is 533 g/mol. The number of amides is 3. The van der Waals surface area contributed by atoms with Crippen LogP contribution in [0.2, 0.25) is 0 Å². The predicted molar refractivity (Wildman–Crippen MR) is 129 cm³/mol. The van der Waals surface area contributed by atoms with E-state index < -0.39 is 5.54 Å². The zero-order valence-corrected chi connectivity index (χ0v) is 21.5. The fourth-order valence-electron chi connectivity index (χ4n) is 3.53. The molecule has 2 heterocycles. The van der Waals surface area contributed by atoms with Crippen molar-refractivity contribution in [3.05, 3.63) is 17.0 Å². The van der Waals surface area contributed by atoms with Gasteiger partial charge in [0, 0.05) is 38.9 Å². The third-order valence-electron chi connectivity index (χ3n) is 5.68. The molecule has 0 spiro atoms. The number of carbonyl (C=O) groups is 2. The number of nitrogens with one attached hydrogen (secondary N) is 3. The summed E-state index contributed by atoms with van der Waals surface area (Å²) < 4.78 is 1.91. The summed E-state index contributed by atoms with van der Waals surface area (Å²) in [6.07, 6.45) is 2.08. The molecule has 30 heavy (non-hydrogen) atoms. The highest BCUT2D eigenvalue weighted by Crippen LogP contribution is 2.20. The first-order valence-corrected chi connectivity index (χ1v) is 10.2. The van der Waals surface area contributed by atoms with Gasteiger partial charge in [0.25, 0.3) is 5.91 Å². The second-order valence-corrected chi connectivity index (χ2v) is 7.95. The fourth-order valence-corrected chi connectivity index (χ4v) is 3.53. The van der Waals surface area contributed by atoms with Crippen molar-refractivity contribution < 1.29 is 9.59 Å². The summed E-state index contributed by atoms with van der Waals surface area (Å²) in [5, 5.41) is 13.9. The van der Waals surface area contributed by atoms with Gasteiger partial charge in [-0.05, 0) is 52.5 Å². The van der Waals surface area contributed by atoms with Crippen LogP contribution in [0, 0.1) is 13.8 Å². The van der Waals surface area contributed by atoms with E-state index in [2.05, 4.69) is 39.9 Å². The molecule has 0 saturated carbocycles. The number of hydrogen-bond acceptors (Lipinski definition) is 4. The smallest absolute Gasteiger partial charge is 0.325 e. The first-order valence-electron chi connectivity index (χ1n) is 10.2. The maximum Gasteiger partial charge on any atom is 0.325 e. The van der Waals surface area contributed by atoms with E-state index in [1.807, 2.05) is 25.6 Å². The maximum atomic E-state index is 12.4. The van der Waals surface area contributed by atoms with Gasteiger partial charge in [-0.2, -0.15) is 5.10 Å². The SMILES string of the molecule is CCC1(C)NC(=O)N(CCCNC(=NC)NC(C)Cc2c(C)nn(C)c2C)C1=O.I. The average molecular weight is 533 g/mol. The Bertz CT molecular complexity index is 792. The van der Waals surface area contributed by atoms with E-state index in [4.69, 9.17) is 0 Å². The Morgan fingerprint density at radius 1 is 1.33 bits per heavy atom. The van der Waals surface area contributed by atoms with Crippen LogP contribution in [0.5, 0.6) is 0 Å². The number of halogens is 1. The number of nitrogens with zero attached hydrogens (tertiary/aromatic N) is 4. The highest BCUT2D eigenvalue weighted by atomic mass is 127. The molecule has 0 bridgehead atoms. The Hall–Kier alpha value is -1.85. The maximum absolute atomic E-state index is 12.4. The molecule has 0 radical (unpaired) electrons. The largest absolute Gasteiger partial charge is 0.356 e. The van der Waals surface area contributed by atoms with E-state index in [-0.39, 0.29) is 42.0 Å². The van der Waals surface area contributed by atoms with Crippen molar-refractivity contribution >= 4 is 41.9 Å². The summed E-state index contributed by atoms with van der Waals surface area (Å²) in [6, 6.07) is -0.128. The average Bonchev–Trinajstić information content (AvgIpc) is 3.04. The minimum Gasteiger partial charge on any atom is -0.356 e. The summed E-state index contributed by atoms with van der Waals surface area (Å²) in [4.78, 5) is 30.0. The standard InChI is InChI=1S/C20H35N7O2.HI/c1-8-20(5)17(28)27(19(29)24-20)11-9-10-22-18(21-6)23-13(2)12-16-14(3)25-26(7)15(16)4;/h13H,8-12H2,1-7H3,(H,24,29)(H2,21,22,23);1H. The van der Waals surface area contributed by atoms with Crippen LogP contribution in [0.15, 0.2) is 4.99 Å². The second kappa shape index (κ2) is 11.0. The second-order valence-electron chi connectivity index (χ2n) is 7.95. The van der Waals surface area contributed by atoms with Gasteiger partial charge in [0.05, 0.1) is 5.69 Å². The van der Waals surface area contributed by atoms with Crippen molar-refractivity contribution in [2.45, 2.75) is 65.5 Å². The molecule has 10 heteroatoms. The van der Waals surface area contributed by atoms with Crippen LogP contribution < -0.4 is 16.0 Å². The molecule has 1 aliphatic rings. The number of aryl methyl sites for hydroxylation is 2. The van der Waals surface area contributed by atoms with E-state index in [1.165, 1.54) is 16.2 Å². The van der Waals surface area contributed by atoms with Crippen molar-refractivity contribution in [1.29, 1.82) is 0 Å². The molecule has 2 rings (SSSR count). The van der Waals surface area contributed by atoms with Crippen LogP contribution >= 0.6 is 24.0 Å². The minimum absolute atomic E-state index is 0. The lowest BCUT2D eigenvalue weighted by atomic mass is 9.99. The molecular formula is C20H36IN7O2. The number of hydrogen-bond donors (Lipinski definition) is 3. The van der Waals surface area contributed by atoms with Gasteiger partial charge in [0.2, 0.25) is 0 Å². The van der Waals surface area contributed by atoms with Gasteiger partial charge >= 0.3 is 6.03 Å². The van der Waals surface area contributed by atoms with Crippen molar-refractivity contribution in [3.63, 3.8) is 0 Å². The van der Waals surface area contributed by atoms with Gasteiger partial charge in [-0.15, -0.1) is 24.0 Å². The first-order chi connectivity index (χ1) is 13.6. The molecule has 3 N–H and O–H groups in total. The molecule has 3 amide bonds. The van der Waals surface area contributed by atoms with Crippen LogP contribution in [-0.2, 0) is 18.3 Å². The van der Waals surface area contributed by atoms with Gasteiger partial charge in [-0.1, -0.05) is 6.92 Å². The van der Waals surface area contributed by atoms with E-state index in [9.17, 15) is 9.59 Å². The van der Waals surface area contributed by atoms with Crippen molar-refractivity contribution in [3.8, 4) is 0 Å². The van der Waals surface area contributed by atoms with Gasteiger partial charge in [0.15, 0.2) is 5.96 Å². The van der Waals surface area contributed by atoms with E-state index >= 15 is 0 Å². The minimum atomic E-state index is -0.778. The van der Waals surface area contributed by atoms with Crippen LogP contribution in [0.25, 0.3) is 0 Å². The number of imide groups is 1. The Labute approximate surface area is 196 Å². The van der Waals surface area contributed by atoms with Gasteiger partial charge in [0.1, 0.15) is 5.54 Å². The Kier molecular flexibility index (Phi) is 9.57. The third-order valence-corrected chi connectivity index (χ3v) is 5.68. The molecule has 170 valence electrons. The Balaban J connectivity index is 0.00000450. The van der Waals surface area contributed by atoms with Crippen LogP contribution in [0.4, 0.5) is 4.79 Å². The molecule has 1 aromatic heterocycles. The summed E-state index contributed by atoms with van der Waals surface area (Å²) in [5.41, 5.74) is 2.70. The highest BCUT2D eigenvalue weighted by Gasteiger charge is 2.45. The zero-order chi connectivity index (χ0) is 21.8. The van der Waals surface area contributed by atoms with Crippen LogP contribution in [-0.4, -0.2) is 64.3 Å². The molecule has 1 saturated heterocycles. The lowest BCUT2D eigenvalue weighted by molar-refractivity contribution is -0.130. The zero-order valence-electron chi connectivity index (χ0n) is 19.1. The third kappa shape index (κ3) is 5.86. The number of guanidine groups is 1. The van der Waals surface area contributed by atoms with Gasteiger partial charge in [-0.25, -0.2) is 4.79 Å². The summed E-state index contributed by atoms with van der Waals surface area (Å²) >= 11 is 0. The van der Waals surface area contributed by atoms with E-state index in [0.29, 0.717) is 31.9 Å². The normalized spacial score (nSPS) is 20.1. The van der Waals surface area contributed by atoms with Crippen molar-refractivity contribution in [2.24, 2.45) is 12.0 Å². The van der Waals surface area contributed by atoms with Gasteiger partial charge in [-0.3, -0.25) is 19.4 Å². The lowest BCUT2D eigenvalue weighted by Gasteiger charge is -2.20. The number of aliphatic imine (C=N–C) groups is 1. The quantitative estimate of drug-likeness (QED) is 0.156. The molecule has 1 fully saturated rings. The number of rotatable bonds is 8. The Morgan fingerprint density at radius 3 is 2.50 bits per heavy atom. The topological polar surface area (TPSA) is 104 Å². The van der Waals surface area contributed by atoms with Crippen LogP contribution in [0.3, 0.4) is 0 Å². The molecule has 0 aliphatic carbocycles. The number of aromatic nitrogens is 2. The van der Waals surface area contributed by atoms with E-state index in [0.717, 1.165) is 12.1 Å². The molecule has 2 unspecified atom stereocenters. The van der Waals surface area contributed by atoms with Crippen LogP contribution in [0.1, 0.15) is 50.6 Å². The molecule has 2 atom stereocenters. The molecular weight excluding hydrogens is 497 g/mol. The lowest BCUT2D eigenvalue weighted by Crippen LogP contribution is -2.44. The molecule has 1 aromatic rings. The summed E-state index contributed by atoms with van der Waals surface area (Å²) in [5.74, 6) is 0.552. The molecule has 9 nitrogen and oxygen atoms in total. The fraction of sp³-hybridized carbons (Fsp3) is 0.700. The van der Waals surface area contributed by atoms with Crippen molar-refractivity contribution in [1.82, 2.24) is 30.6 Å². The summed E-state index contributed by atoms with van der Waals surface area (Å²) in [6.45, 7) is 10.9. The molecule has 1 aliphatic heterocycles. The number of carbonyl (C=O) groups excluding carboxylic acids is 2. The predicted octanol–water partition coefficient (Wildman–Crippen LogP) is 1.86. The van der Waals surface area contributed by atoms with Crippen molar-refractivity contribution in [2.75, 3.05) is 20.1 Å². The van der Waals surface area contributed by atoms with E-state index in [1.54, 1.807) is 14.0 Å². The first kappa shape index (κ1) is 26.2. The van der Waals surface area contributed by atoms with Gasteiger partial charge < -0.3 is 16.0 Å². The molecule has 0 aromatic carbocycles. The summed E-state index contributed by atoms with van der Waals surface area (Å²) in [7, 11) is 3.69. The Morgan fingerprint density at radius 2 is 2.00 bits per heavy atom. The number of urea groups is 1. The highest BCUT2D eigenvalue weighted by molar-refractivity contribution is 14.0.